The van der Waals surface area contributed by atoms with Crippen molar-refractivity contribution in [1.29, 1.82) is 5.26 Å². The van der Waals surface area contributed by atoms with Crippen LogP contribution in [0.4, 0.5) is 8.78 Å². The average molecular weight is 217 g/mol. The Morgan fingerprint density at radius 2 is 2.21 bits per heavy atom. The minimum atomic E-state index is -2.84. The number of carbonyl (C=O) groups is 1. The van der Waals surface area contributed by atoms with Gasteiger partial charge in [-0.3, -0.25) is 4.79 Å². The maximum absolute atomic E-state index is 12.2. The van der Waals surface area contributed by atoms with Gasteiger partial charge in [-0.05, 0) is 23.7 Å². The molecule has 6 heteroatoms. The summed E-state index contributed by atoms with van der Waals surface area (Å²) in [6.07, 6.45) is -2.84. The van der Waals surface area contributed by atoms with E-state index in [1.54, 1.807) is 6.07 Å². The van der Waals surface area contributed by atoms with Crippen LogP contribution in [-0.2, 0) is 0 Å². The zero-order valence-electron chi connectivity index (χ0n) is 6.67. The van der Waals surface area contributed by atoms with E-state index in [2.05, 4.69) is 4.98 Å². The van der Waals surface area contributed by atoms with Crippen LogP contribution < -0.4 is 0 Å². The highest BCUT2D eigenvalue weighted by Gasteiger charge is 2.14. The van der Waals surface area contributed by atoms with Gasteiger partial charge in [-0.15, -0.1) is 0 Å². The minimum absolute atomic E-state index is 0.0701. The van der Waals surface area contributed by atoms with Crippen molar-refractivity contribution in [2.24, 2.45) is 0 Å². The number of hydrogen-bond acceptors (Lipinski definition) is 3. The first kappa shape index (κ1) is 10.5. The number of carbonyl (C=O) groups excluding carboxylic acids is 1. The molecule has 0 aliphatic heterocycles. The average Bonchev–Trinajstić information content (AvgIpc) is 2.16. The van der Waals surface area contributed by atoms with Crippen molar-refractivity contribution in [3.8, 4) is 6.07 Å². The van der Waals surface area contributed by atoms with Crippen molar-refractivity contribution in [3.63, 3.8) is 0 Å². The van der Waals surface area contributed by atoms with E-state index in [9.17, 15) is 13.6 Å². The highest BCUT2D eigenvalue weighted by atomic mass is 35.5. The molecule has 1 aromatic heterocycles. The lowest BCUT2D eigenvalue weighted by atomic mass is 10.2. The number of nitrogens with zero attached hydrogens (tertiary/aromatic N) is 2. The molecule has 0 radical (unpaired) electrons. The summed E-state index contributed by atoms with van der Waals surface area (Å²) in [6, 6.07) is 3.60. The van der Waals surface area contributed by atoms with Gasteiger partial charge in [-0.1, -0.05) is 0 Å². The van der Waals surface area contributed by atoms with Crippen molar-refractivity contribution >= 4 is 16.8 Å². The lowest BCUT2D eigenvalue weighted by Crippen LogP contribution is -2.00. The summed E-state index contributed by atoms with van der Waals surface area (Å²) >= 11 is 5.05. The lowest BCUT2D eigenvalue weighted by molar-refractivity contribution is 0.107. The lowest BCUT2D eigenvalue weighted by Gasteiger charge is -2.00. The molecule has 0 aliphatic carbocycles. The summed E-state index contributed by atoms with van der Waals surface area (Å²) in [5.41, 5.74) is -1.05. The van der Waals surface area contributed by atoms with Crippen LogP contribution in [0.15, 0.2) is 12.1 Å². The van der Waals surface area contributed by atoms with Crippen molar-refractivity contribution in [1.82, 2.24) is 4.98 Å². The van der Waals surface area contributed by atoms with Gasteiger partial charge in [-0.2, -0.15) is 5.26 Å². The summed E-state index contributed by atoms with van der Waals surface area (Å²) in [5.74, 6) is 0. The zero-order chi connectivity index (χ0) is 10.7. The van der Waals surface area contributed by atoms with E-state index in [0.29, 0.717) is 0 Å². The Hall–Kier alpha value is -1.54. The Kier molecular flexibility index (Phi) is 3.10. The predicted molar refractivity (Wildman–Crippen MR) is 44.1 cm³/mol. The second-order valence-corrected chi connectivity index (χ2v) is 2.70. The molecule has 14 heavy (non-hydrogen) atoms. The number of halogens is 3. The molecular weight excluding hydrogens is 214 g/mol. The first-order valence-electron chi connectivity index (χ1n) is 3.44. The van der Waals surface area contributed by atoms with Gasteiger partial charge in [0, 0.05) is 0 Å². The monoisotopic (exact) mass is 216 g/mol. The second-order valence-electron chi connectivity index (χ2n) is 2.35. The maximum Gasteiger partial charge on any atom is 0.280 e. The van der Waals surface area contributed by atoms with Crippen LogP contribution in [0, 0.1) is 11.3 Å². The number of pyridine rings is 1. The Morgan fingerprint density at radius 3 is 2.64 bits per heavy atom. The van der Waals surface area contributed by atoms with E-state index in [1.165, 1.54) is 0 Å². The quantitative estimate of drug-likeness (QED) is 0.713. The van der Waals surface area contributed by atoms with Crippen LogP contribution in [0.5, 0.6) is 0 Å². The third-order valence-corrected chi connectivity index (χ3v) is 1.59. The minimum Gasteiger partial charge on any atom is -0.274 e. The summed E-state index contributed by atoms with van der Waals surface area (Å²) in [5, 5.41) is 7.50. The molecule has 72 valence electrons. The van der Waals surface area contributed by atoms with Gasteiger partial charge in [0.15, 0.2) is 0 Å². The van der Waals surface area contributed by atoms with E-state index in [1.807, 2.05) is 0 Å². The van der Waals surface area contributed by atoms with Crippen molar-refractivity contribution in [2.45, 2.75) is 6.43 Å². The molecule has 0 spiro atoms. The summed E-state index contributed by atoms with van der Waals surface area (Å²) in [6.45, 7) is 0. The molecular formula is C8H3ClF2N2O. The molecule has 0 bridgehead atoms. The SMILES string of the molecule is N#Cc1cc(C(=O)Cl)nc(C(F)F)c1. The summed E-state index contributed by atoms with van der Waals surface area (Å²) < 4.78 is 24.4. The van der Waals surface area contributed by atoms with Crippen LogP contribution in [0.2, 0.25) is 0 Å². The molecule has 1 rings (SSSR count). The Labute approximate surface area is 82.9 Å². The van der Waals surface area contributed by atoms with Crippen molar-refractivity contribution in [3.05, 3.63) is 29.1 Å². The topological polar surface area (TPSA) is 53.8 Å². The Morgan fingerprint density at radius 1 is 1.57 bits per heavy atom. The number of alkyl halides is 2. The fourth-order valence-corrected chi connectivity index (χ4v) is 0.926. The van der Waals surface area contributed by atoms with E-state index >= 15 is 0 Å². The smallest absolute Gasteiger partial charge is 0.274 e. The van der Waals surface area contributed by atoms with E-state index in [-0.39, 0.29) is 11.3 Å². The highest BCUT2D eigenvalue weighted by molar-refractivity contribution is 6.67. The molecule has 1 aromatic rings. The molecule has 0 atom stereocenters. The van der Waals surface area contributed by atoms with E-state index in [4.69, 9.17) is 16.9 Å². The third kappa shape index (κ3) is 2.24. The summed E-state index contributed by atoms with van der Waals surface area (Å²) in [4.78, 5) is 13.9. The largest absolute Gasteiger partial charge is 0.280 e. The van der Waals surface area contributed by atoms with Crippen LogP contribution in [0.1, 0.15) is 28.2 Å². The number of aromatic nitrogens is 1. The maximum atomic E-state index is 12.2. The van der Waals surface area contributed by atoms with Crippen LogP contribution >= 0.6 is 11.6 Å². The van der Waals surface area contributed by atoms with Crippen LogP contribution in [0.3, 0.4) is 0 Å². The fraction of sp³-hybridized carbons (Fsp3) is 0.125. The van der Waals surface area contributed by atoms with E-state index < -0.39 is 17.4 Å². The molecule has 0 fully saturated rings. The standard InChI is InChI=1S/C8H3ClF2N2O/c9-7(14)5-1-4(3-12)2-6(13-5)8(10)11/h1-2,8H. The molecule has 0 aliphatic rings. The van der Waals surface area contributed by atoms with Gasteiger partial charge in [0.25, 0.3) is 11.7 Å². The number of rotatable bonds is 2. The van der Waals surface area contributed by atoms with Crippen molar-refractivity contribution in [2.75, 3.05) is 0 Å². The zero-order valence-corrected chi connectivity index (χ0v) is 7.42. The number of hydrogen-bond donors (Lipinski definition) is 0. The van der Waals surface area contributed by atoms with Gasteiger partial charge in [0.2, 0.25) is 0 Å². The molecule has 1 heterocycles. The molecule has 0 saturated carbocycles. The van der Waals surface area contributed by atoms with Gasteiger partial charge >= 0.3 is 0 Å². The first-order chi connectivity index (χ1) is 6.54. The predicted octanol–water partition coefficient (Wildman–Crippen LogP) is 2.27. The molecule has 0 saturated heterocycles. The molecule has 3 nitrogen and oxygen atoms in total. The Balaban J connectivity index is 3.29. The van der Waals surface area contributed by atoms with Gasteiger partial charge in [-0.25, -0.2) is 13.8 Å². The third-order valence-electron chi connectivity index (χ3n) is 1.40. The molecule has 0 amide bonds. The van der Waals surface area contributed by atoms with Crippen LogP contribution in [-0.4, -0.2) is 10.2 Å². The summed E-state index contributed by atoms with van der Waals surface area (Å²) in [7, 11) is 0. The second kappa shape index (κ2) is 4.11. The number of nitriles is 1. The molecule has 0 aromatic carbocycles. The highest BCUT2D eigenvalue weighted by Crippen LogP contribution is 2.18. The fourth-order valence-electron chi connectivity index (χ4n) is 0.829. The van der Waals surface area contributed by atoms with Crippen molar-refractivity contribution < 1.29 is 13.6 Å². The molecule has 0 N–H and O–H groups in total. The van der Waals surface area contributed by atoms with Gasteiger partial charge in [0.05, 0.1) is 11.6 Å². The van der Waals surface area contributed by atoms with Gasteiger partial charge < -0.3 is 0 Å². The van der Waals surface area contributed by atoms with Crippen LogP contribution in [0.25, 0.3) is 0 Å². The van der Waals surface area contributed by atoms with E-state index in [0.717, 1.165) is 12.1 Å². The first-order valence-corrected chi connectivity index (χ1v) is 3.82. The molecule has 0 unspecified atom stereocenters. The van der Waals surface area contributed by atoms with Gasteiger partial charge in [0.1, 0.15) is 11.4 Å². The normalized spacial score (nSPS) is 9.93. The Bertz CT molecular complexity index is 414.